The minimum atomic E-state index is -1.44. The van der Waals surface area contributed by atoms with Crippen LogP contribution in [0.5, 0.6) is 0 Å². The van der Waals surface area contributed by atoms with Crippen LogP contribution >= 0.6 is 0 Å². The molecule has 15 heavy (non-hydrogen) atoms. The number of fused-ring (bicyclic) bond motifs is 2. The van der Waals surface area contributed by atoms with Crippen LogP contribution < -0.4 is 0 Å². The molecule has 2 rings (SSSR count). The van der Waals surface area contributed by atoms with Gasteiger partial charge < -0.3 is 9.53 Å². The summed E-state index contributed by atoms with van der Waals surface area (Å²) in [5.74, 6) is 2.27. The van der Waals surface area contributed by atoms with Gasteiger partial charge in [0.1, 0.15) is 0 Å². The molecule has 0 aromatic rings. The Morgan fingerprint density at radius 1 is 1.20 bits per heavy atom. The topological polar surface area (TPSA) is 29.5 Å². The molecule has 2 fully saturated rings. The van der Waals surface area contributed by atoms with Crippen LogP contribution in [0.25, 0.3) is 0 Å². The predicted octanol–water partition coefficient (Wildman–Crippen LogP) is 2.64. The minimum Gasteiger partial charge on any atom is -0.420 e. The first-order chi connectivity index (χ1) is 7.06. The maximum absolute atomic E-state index is 9.34. The molecule has 0 spiro atoms. The Kier molecular flexibility index (Phi) is 3.24. The number of hydrogen-bond donors (Lipinski definition) is 1. The molecule has 4 atom stereocenters. The van der Waals surface area contributed by atoms with Crippen molar-refractivity contribution in [1.29, 1.82) is 0 Å². The van der Waals surface area contributed by atoms with E-state index >= 15 is 0 Å². The zero-order valence-electron chi connectivity index (χ0n) is 10.2. The molecular weight excluding hydrogens is 204 g/mol. The van der Waals surface area contributed by atoms with Gasteiger partial charge in [-0.05, 0) is 62.1 Å². The van der Waals surface area contributed by atoms with Crippen molar-refractivity contribution in [2.45, 2.75) is 44.3 Å². The van der Waals surface area contributed by atoms with Gasteiger partial charge in [-0.3, -0.25) is 0 Å². The summed E-state index contributed by atoms with van der Waals surface area (Å²) in [6.45, 7) is 5.09. The molecule has 4 unspecified atom stereocenters. The van der Waals surface area contributed by atoms with Crippen LogP contribution in [0.2, 0.25) is 18.6 Å². The van der Waals surface area contributed by atoms with E-state index in [1.807, 2.05) is 7.11 Å². The van der Waals surface area contributed by atoms with Gasteiger partial charge in [-0.15, -0.1) is 0 Å². The zero-order valence-corrected chi connectivity index (χ0v) is 11.2. The number of aliphatic hydroxyl groups excluding tert-OH is 1. The lowest BCUT2D eigenvalue weighted by Gasteiger charge is -2.37. The lowest BCUT2D eigenvalue weighted by atomic mass is 9.87. The molecule has 2 saturated carbocycles. The van der Waals surface area contributed by atoms with Gasteiger partial charge in [0.25, 0.3) is 0 Å². The summed E-state index contributed by atoms with van der Waals surface area (Å²) in [6, 6.07) is 0. The molecule has 2 bridgehead atoms. The van der Waals surface area contributed by atoms with Gasteiger partial charge >= 0.3 is 0 Å². The van der Waals surface area contributed by atoms with Crippen LogP contribution in [0, 0.1) is 17.8 Å². The summed E-state index contributed by atoms with van der Waals surface area (Å²) in [4.78, 5) is 0. The van der Waals surface area contributed by atoms with E-state index < -0.39 is 8.32 Å². The molecule has 0 heterocycles. The van der Waals surface area contributed by atoms with Crippen LogP contribution in [0.15, 0.2) is 0 Å². The maximum atomic E-state index is 9.34. The van der Waals surface area contributed by atoms with E-state index in [-0.39, 0.29) is 0 Å². The van der Waals surface area contributed by atoms with Crippen LogP contribution in [-0.2, 0) is 4.43 Å². The van der Waals surface area contributed by atoms with Crippen molar-refractivity contribution in [2.75, 3.05) is 13.7 Å². The normalized spacial score (nSPS) is 40.8. The standard InChI is InChI=1S/C12H24O2Si/c1-14-15(2,3)12-6-9-4-10(7-12)11(5-9)8-13/h9-13H,4-8H2,1-3H3. The highest BCUT2D eigenvalue weighted by Crippen LogP contribution is 2.52. The lowest BCUT2D eigenvalue weighted by molar-refractivity contribution is 0.188. The Morgan fingerprint density at radius 2 is 1.93 bits per heavy atom. The predicted molar refractivity (Wildman–Crippen MR) is 64.3 cm³/mol. The van der Waals surface area contributed by atoms with E-state index in [9.17, 15) is 5.11 Å². The molecule has 0 radical (unpaired) electrons. The second-order valence-electron chi connectivity index (χ2n) is 6.02. The van der Waals surface area contributed by atoms with E-state index in [2.05, 4.69) is 13.1 Å². The van der Waals surface area contributed by atoms with Gasteiger partial charge in [-0.1, -0.05) is 0 Å². The third-order valence-electron chi connectivity index (χ3n) is 4.89. The Hall–Kier alpha value is 0.137. The fraction of sp³-hybridized carbons (Fsp3) is 1.00. The van der Waals surface area contributed by atoms with Gasteiger partial charge in [0, 0.05) is 13.7 Å². The van der Waals surface area contributed by atoms with Crippen molar-refractivity contribution in [3.05, 3.63) is 0 Å². The molecule has 0 amide bonds. The molecule has 1 N–H and O–H groups in total. The lowest BCUT2D eigenvalue weighted by Crippen LogP contribution is -2.38. The second kappa shape index (κ2) is 4.19. The van der Waals surface area contributed by atoms with Crippen molar-refractivity contribution in [1.82, 2.24) is 0 Å². The molecule has 2 aliphatic carbocycles. The number of hydrogen-bond acceptors (Lipinski definition) is 2. The van der Waals surface area contributed by atoms with E-state index in [0.717, 1.165) is 17.4 Å². The van der Waals surface area contributed by atoms with Gasteiger partial charge in [-0.2, -0.15) is 0 Å². The van der Waals surface area contributed by atoms with Gasteiger partial charge in [0.2, 0.25) is 0 Å². The SMILES string of the molecule is CO[Si](C)(C)C1CC2CC(CO)C(C2)C1. The Bertz CT molecular complexity index is 230. The summed E-state index contributed by atoms with van der Waals surface area (Å²) in [5.41, 5.74) is 0.822. The van der Waals surface area contributed by atoms with E-state index in [0.29, 0.717) is 12.5 Å². The first kappa shape index (κ1) is 11.6. The Labute approximate surface area is 94.2 Å². The smallest absolute Gasteiger partial charge is 0.189 e. The largest absolute Gasteiger partial charge is 0.420 e. The molecule has 0 aliphatic heterocycles. The van der Waals surface area contributed by atoms with Crippen LogP contribution in [0.4, 0.5) is 0 Å². The van der Waals surface area contributed by atoms with E-state index in [1.165, 1.54) is 25.7 Å². The third kappa shape index (κ3) is 2.15. The van der Waals surface area contributed by atoms with Crippen molar-refractivity contribution in [2.24, 2.45) is 17.8 Å². The van der Waals surface area contributed by atoms with Crippen LogP contribution in [-0.4, -0.2) is 27.1 Å². The Balaban J connectivity index is 2.03. The monoisotopic (exact) mass is 228 g/mol. The first-order valence-corrected chi connectivity index (χ1v) is 9.21. The van der Waals surface area contributed by atoms with Crippen molar-refractivity contribution in [3.8, 4) is 0 Å². The third-order valence-corrected chi connectivity index (χ3v) is 8.38. The van der Waals surface area contributed by atoms with Crippen molar-refractivity contribution >= 4 is 8.32 Å². The van der Waals surface area contributed by atoms with E-state index in [1.54, 1.807) is 0 Å². The van der Waals surface area contributed by atoms with Crippen molar-refractivity contribution < 1.29 is 9.53 Å². The molecule has 0 aromatic heterocycles. The maximum Gasteiger partial charge on any atom is 0.189 e. The molecule has 88 valence electrons. The van der Waals surface area contributed by atoms with Crippen LogP contribution in [0.3, 0.4) is 0 Å². The first-order valence-electron chi connectivity index (χ1n) is 6.22. The fourth-order valence-electron chi connectivity index (χ4n) is 3.64. The summed E-state index contributed by atoms with van der Waals surface area (Å²) in [6.07, 6.45) is 5.32. The molecule has 0 aromatic carbocycles. The molecular formula is C12H24O2Si. The fourth-order valence-corrected chi connectivity index (χ4v) is 5.75. The average molecular weight is 228 g/mol. The average Bonchev–Trinajstić information content (AvgIpc) is 2.52. The van der Waals surface area contributed by atoms with Gasteiger partial charge in [0.05, 0.1) is 0 Å². The van der Waals surface area contributed by atoms with Crippen molar-refractivity contribution in [3.63, 3.8) is 0 Å². The van der Waals surface area contributed by atoms with Crippen LogP contribution in [0.1, 0.15) is 25.7 Å². The summed E-state index contributed by atoms with van der Waals surface area (Å²) in [5, 5.41) is 9.34. The molecule has 3 heteroatoms. The summed E-state index contributed by atoms with van der Waals surface area (Å²) in [7, 11) is 0.437. The molecule has 0 saturated heterocycles. The highest BCUT2D eigenvalue weighted by atomic mass is 28.4. The highest BCUT2D eigenvalue weighted by molar-refractivity contribution is 6.72. The number of rotatable bonds is 3. The molecule has 2 nitrogen and oxygen atoms in total. The summed E-state index contributed by atoms with van der Waals surface area (Å²) >= 11 is 0. The van der Waals surface area contributed by atoms with Gasteiger partial charge in [-0.25, -0.2) is 0 Å². The van der Waals surface area contributed by atoms with E-state index in [4.69, 9.17) is 4.43 Å². The quantitative estimate of drug-likeness (QED) is 0.753. The number of aliphatic hydroxyl groups is 1. The van der Waals surface area contributed by atoms with Gasteiger partial charge in [0.15, 0.2) is 8.32 Å². The zero-order chi connectivity index (χ0) is 11.1. The Morgan fingerprint density at radius 3 is 2.53 bits per heavy atom. The summed E-state index contributed by atoms with van der Waals surface area (Å²) < 4.78 is 5.75. The second-order valence-corrected chi connectivity index (χ2v) is 10.4. The minimum absolute atomic E-state index is 0.406. The molecule has 2 aliphatic rings. The highest BCUT2D eigenvalue weighted by Gasteiger charge is 2.45.